The minimum Gasteiger partial charge on any atom is -0.497 e. The van der Waals surface area contributed by atoms with Gasteiger partial charge in [0.15, 0.2) is 5.96 Å². The van der Waals surface area contributed by atoms with Gasteiger partial charge in [-0.1, -0.05) is 6.42 Å². The SMILES string of the molecule is CCOC1CC(NC(=NC)NCc2cc(OC)ccc2OC(F)F)C12CCC2. The number of halogens is 2. The molecule has 0 radical (unpaired) electrons. The Morgan fingerprint density at radius 2 is 2.14 bits per heavy atom. The summed E-state index contributed by atoms with van der Waals surface area (Å²) in [6, 6.07) is 5.07. The Morgan fingerprint density at radius 1 is 1.36 bits per heavy atom. The number of hydrogen-bond donors (Lipinski definition) is 2. The van der Waals surface area contributed by atoms with Crippen molar-refractivity contribution in [3.63, 3.8) is 0 Å². The lowest BCUT2D eigenvalue weighted by Crippen LogP contribution is -2.68. The van der Waals surface area contributed by atoms with Crippen molar-refractivity contribution in [2.24, 2.45) is 10.4 Å². The van der Waals surface area contributed by atoms with Gasteiger partial charge in [0.1, 0.15) is 11.5 Å². The van der Waals surface area contributed by atoms with E-state index in [-0.39, 0.29) is 17.7 Å². The number of benzene rings is 1. The van der Waals surface area contributed by atoms with Gasteiger partial charge in [-0.3, -0.25) is 4.99 Å². The van der Waals surface area contributed by atoms with Crippen molar-refractivity contribution in [2.75, 3.05) is 20.8 Å². The molecule has 2 aliphatic rings. The van der Waals surface area contributed by atoms with Crippen LogP contribution in [0.25, 0.3) is 0 Å². The fraction of sp³-hybridized carbons (Fsp3) is 0.650. The fourth-order valence-corrected chi connectivity index (χ4v) is 4.21. The van der Waals surface area contributed by atoms with E-state index in [4.69, 9.17) is 9.47 Å². The number of methoxy groups -OCH3 is 1. The van der Waals surface area contributed by atoms with Crippen molar-refractivity contribution < 1.29 is 23.0 Å². The average Bonchev–Trinajstić information content (AvgIpc) is 2.62. The van der Waals surface area contributed by atoms with E-state index in [1.807, 2.05) is 6.92 Å². The molecule has 0 heterocycles. The summed E-state index contributed by atoms with van der Waals surface area (Å²) in [5.41, 5.74) is 0.773. The molecule has 0 amide bonds. The molecule has 156 valence electrons. The standard InChI is InChI=1S/C20H29F2N3O3/c1-4-27-17-11-16(20(17)8-5-9-20)25-19(23-2)24-12-13-10-14(26-3)6-7-15(13)28-18(21)22/h6-7,10,16-18H,4-5,8-9,11-12H2,1-3H3,(H2,23,24,25). The maximum atomic E-state index is 12.7. The first-order valence-corrected chi connectivity index (χ1v) is 9.73. The van der Waals surface area contributed by atoms with Gasteiger partial charge in [-0.25, -0.2) is 0 Å². The van der Waals surface area contributed by atoms with Crippen LogP contribution in [0.3, 0.4) is 0 Å². The van der Waals surface area contributed by atoms with Gasteiger partial charge in [-0.05, 0) is 44.4 Å². The monoisotopic (exact) mass is 397 g/mol. The van der Waals surface area contributed by atoms with Crippen molar-refractivity contribution in [1.29, 1.82) is 0 Å². The Kier molecular flexibility index (Phi) is 6.59. The molecule has 1 spiro atoms. The molecule has 2 aliphatic carbocycles. The molecule has 1 aromatic rings. The van der Waals surface area contributed by atoms with Gasteiger partial charge in [-0.2, -0.15) is 8.78 Å². The van der Waals surface area contributed by atoms with Crippen LogP contribution in [-0.4, -0.2) is 45.5 Å². The second-order valence-electron chi connectivity index (χ2n) is 7.24. The predicted molar refractivity (Wildman–Crippen MR) is 103 cm³/mol. The van der Waals surface area contributed by atoms with Crippen LogP contribution in [-0.2, 0) is 11.3 Å². The van der Waals surface area contributed by atoms with Crippen LogP contribution >= 0.6 is 0 Å². The minimum atomic E-state index is -2.88. The third kappa shape index (κ3) is 4.16. The first-order chi connectivity index (χ1) is 13.5. The third-order valence-electron chi connectivity index (χ3n) is 5.90. The van der Waals surface area contributed by atoms with Crippen LogP contribution in [0.5, 0.6) is 11.5 Å². The first-order valence-electron chi connectivity index (χ1n) is 9.73. The lowest BCUT2D eigenvalue weighted by Gasteiger charge is -2.61. The Balaban J connectivity index is 1.62. The molecule has 28 heavy (non-hydrogen) atoms. The maximum Gasteiger partial charge on any atom is 0.387 e. The highest BCUT2D eigenvalue weighted by Gasteiger charge is 2.59. The van der Waals surface area contributed by atoms with E-state index < -0.39 is 6.61 Å². The summed E-state index contributed by atoms with van der Waals surface area (Å²) in [7, 11) is 3.23. The van der Waals surface area contributed by atoms with Crippen LogP contribution in [0, 0.1) is 5.41 Å². The lowest BCUT2D eigenvalue weighted by molar-refractivity contribution is -0.168. The van der Waals surface area contributed by atoms with Gasteiger partial charge in [0, 0.05) is 37.2 Å². The van der Waals surface area contributed by atoms with Crippen molar-refractivity contribution in [3.8, 4) is 11.5 Å². The third-order valence-corrected chi connectivity index (χ3v) is 5.90. The van der Waals surface area contributed by atoms with Crippen molar-refractivity contribution in [2.45, 2.75) is 57.9 Å². The molecule has 2 N–H and O–H groups in total. The molecular formula is C20H29F2N3O3. The second kappa shape index (κ2) is 8.94. The number of guanidine groups is 1. The molecule has 0 saturated heterocycles. The normalized spacial score (nSPS) is 23.1. The fourth-order valence-electron chi connectivity index (χ4n) is 4.21. The molecule has 0 aromatic heterocycles. The quantitative estimate of drug-likeness (QED) is 0.521. The van der Waals surface area contributed by atoms with Crippen LogP contribution < -0.4 is 20.1 Å². The number of nitrogens with zero attached hydrogens (tertiary/aromatic N) is 1. The molecule has 2 saturated carbocycles. The summed E-state index contributed by atoms with van der Waals surface area (Å²) in [6.45, 7) is 0.164. The lowest BCUT2D eigenvalue weighted by atomic mass is 9.51. The zero-order valence-corrected chi connectivity index (χ0v) is 16.6. The van der Waals surface area contributed by atoms with Gasteiger partial charge in [0.25, 0.3) is 0 Å². The zero-order chi connectivity index (χ0) is 20.1. The number of hydrogen-bond acceptors (Lipinski definition) is 4. The van der Waals surface area contributed by atoms with Gasteiger partial charge >= 0.3 is 6.61 Å². The molecule has 2 unspecified atom stereocenters. The molecule has 8 heteroatoms. The molecule has 1 aromatic carbocycles. The van der Waals surface area contributed by atoms with Crippen LogP contribution in [0.4, 0.5) is 8.78 Å². The largest absolute Gasteiger partial charge is 0.497 e. The van der Waals surface area contributed by atoms with E-state index in [9.17, 15) is 8.78 Å². The highest BCUT2D eigenvalue weighted by Crippen LogP contribution is 2.57. The summed E-state index contributed by atoms with van der Waals surface area (Å²) in [6.07, 6.45) is 4.81. The molecule has 2 fully saturated rings. The van der Waals surface area contributed by atoms with E-state index in [0.29, 0.717) is 29.4 Å². The average molecular weight is 397 g/mol. The van der Waals surface area contributed by atoms with E-state index in [1.54, 1.807) is 19.2 Å². The van der Waals surface area contributed by atoms with Gasteiger partial charge in [-0.15, -0.1) is 0 Å². The van der Waals surface area contributed by atoms with Crippen LogP contribution in [0.1, 0.15) is 38.2 Å². The summed E-state index contributed by atoms with van der Waals surface area (Å²) in [5.74, 6) is 1.33. The number of rotatable bonds is 8. The number of alkyl halides is 2. The Hall–Kier alpha value is -2.09. The molecule has 2 atom stereocenters. The molecule has 0 bridgehead atoms. The molecule has 0 aliphatic heterocycles. The van der Waals surface area contributed by atoms with E-state index >= 15 is 0 Å². The topological polar surface area (TPSA) is 64.1 Å². The minimum absolute atomic E-state index is 0.120. The number of nitrogens with one attached hydrogen (secondary N) is 2. The van der Waals surface area contributed by atoms with Gasteiger partial charge < -0.3 is 24.8 Å². The van der Waals surface area contributed by atoms with Crippen molar-refractivity contribution >= 4 is 5.96 Å². The van der Waals surface area contributed by atoms with Crippen molar-refractivity contribution in [3.05, 3.63) is 23.8 Å². The summed E-state index contributed by atoms with van der Waals surface area (Å²) in [4.78, 5) is 4.29. The first kappa shape index (κ1) is 20.6. The molecule has 3 rings (SSSR count). The maximum absolute atomic E-state index is 12.7. The van der Waals surface area contributed by atoms with Gasteiger partial charge in [0.05, 0.1) is 13.2 Å². The zero-order valence-electron chi connectivity index (χ0n) is 16.6. The van der Waals surface area contributed by atoms with E-state index in [2.05, 4.69) is 20.4 Å². The summed E-state index contributed by atoms with van der Waals surface area (Å²) in [5, 5.41) is 6.68. The van der Waals surface area contributed by atoms with Crippen LogP contribution in [0.2, 0.25) is 0 Å². The second-order valence-corrected chi connectivity index (χ2v) is 7.24. The highest BCUT2D eigenvalue weighted by molar-refractivity contribution is 5.80. The highest BCUT2D eigenvalue weighted by atomic mass is 19.3. The molecule has 6 nitrogen and oxygen atoms in total. The smallest absolute Gasteiger partial charge is 0.387 e. The molecular weight excluding hydrogens is 368 g/mol. The Labute approximate surface area is 164 Å². The Morgan fingerprint density at radius 3 is 2.71 bits per heavy atom. The van der Waals surface area contributed by atoms with Gasteiger partial charge in [0.2, 0.25) is 0 Å². The summed E-state index contributed by atoms with van der Waals surface area (Å²) < 4.78 is 41.1. The number of aliphatic imine (C=N–C) groups is 1. The van der Waals surface area contributed by atoms with E-state index in [0.717, 1.165) is 25.9 Å². The van der Waals surface area contributed by atoms with E-state index in [1.165, 1.54) is 19.6 Å². The van der Waals surface area contributed by atoms with Crippen molar-refractivity contribution in [1.82, 2.24) is 10.6 Å². The number of ether oxygens (including phenoxy) is 3. The van der Waals surface area contributed by atoms with Crippen LogP contribution in [0.15, 0.2) is 23.2 Å². The summed E-state index contributed by atoms with van der Waals surface area (Å²) >= 11 is 0. The Bertz CT molecular complexity index is 695. The predicted octanol–water partition coefficient (Wildman–Crippen LogP) is 3.31.